The normalized spacial score (nSPS) is 12.1. The zero-order valence-electron chi connectivity index (χ0n) is 12.0. The molecule has 5 heteroatoms. The molecule has 0 aromatic heterocycles. The molecule has 0 fully saturated rings. The third-order valence-electron chi connectivity index (χ3n) is 3.34. The Kier molecular flexibility index (Phi) is 5.14. The Morgan fingerprint density at radius 1 is 1.10 bits per heavy atom. The predicted molar refractivity (Wildman–Crippen MR) is 87.5 cm³/mol. The van der Waals surface area contributed by atoms with Gasteiger partial charge in [-0.1, -0.05) is 17.7 Å². The maximum absolute atomic E-state index is 10.7. The van der Waals surface area contributed by atoms with E-state index in [1.54, 1.807) is 32.4 Å². The van der Waals surface area contributed by atoms with Crippen LogP contribution < -0.4 is 9.47 Å². The molecule has 0 aliphatic heterocycles. The van der Waals surface area contributed by atoms with Gasteiger partial charge in [-0.15, -0.1) is 0 Å². The van der Waals surface area contributed by atoms with Crippen molar-refractivity contribution in [2.24, 2.45) is 0 Å². The second-order valence-corrected chi connectivity index (χ2v) is 5.84. The number of aliphatic hydroxyl groups is 1. The zero-order chi connectivity index (χ0) is 15.6. The largest absolute Gasteiger partial charge is 0.495 e. The highest BCUT2D eigenvalue weighted by Gasteiger charge is 2.21. The average Bonchev–Trinajstić information content (AvgIpc) is 2.46. The van der Waals surface area contributed by atoms with Crippen molar-refractivity contribution in [1.29, 1.82) is 0 Å². The third-order valence-corrected chi connectivity index (χ3v) is 4.32. The highest BCUT2D eigenvalue weighted by molar-refractivity contribution is 9.10. The monoisotopic (exact) mass is 370 g/mol. The van der Waals surface area contributed by atoms with Crippen LogP contribution in [0.15, 0.2) is 34.8 Å². The molecular formula is C16H16BrClO3. The van der Waals surface area contributed by atoms with E-state index in [0.29, 0.717) is 26.6 Å². The molecule has 2 aromatic carbocycles. The summed E-state index contributed by atoms with van der Waals surface area (Å²) in [5.41, 5.74) is 2.37. The van der Waals surface area contributed by atoms with E-state index in [1.807, 2.05) is 19.1 Å². The standard InChI is InChI=1S/C16H16BrClO3/c1-9-8-10(18)4-5-11(9)15(19)12-6-7-13(20-2)14(17)16(12)21-3/h4-8,15,19H,1-3H3. The van der Waals surface area contributed by atoms with Crippen LogP contribution in [0.2, 0.25) is 5.02 Å². The number of ether oxygens (including phenoxy) is 2. The van der Waals surface area contributed by atoms with E-state index in [1.165, 1.54) is 0 Å². The summed E-state index contributed by atoms with van der Waals surface area (Å²) in [7, 11) is 3.14. The van der Waals surface area contributed by atoms with Gasteiger partial charge in [0.2, 0.25) is 0 Å². The van der Waals surface area contributed by atoms with E-state index in [4.69, 9.17) is 21.1 Å². The number of benzene rings is 2. The number of methoxy groups -OCH3 is 2. The molecule has 0 aliphatic rings. The lowest BCUT2D eigenvalue weighted by Crippen LogP contribution is -2.05. The Labute approximate surface area is 137 Å². The quantitative estimate of drug-likeness (QED) is 0.859. The zero-order valence-corrected chi connectivity index (χ0v) is 14.3. The first kappa shape index (κ1) is 16.1. The van der Waals surface area contributed by atoms with Crippen molar-refractivity contribution >= 4 is 27.5 Å². The third kappa shape index (κ3) is 3.18. The molecule has 21 heavy (non-hydrogen) atoms. The van der Waals surface area contributed by atoms with E-state index < -0.39 is 6.10 Å². The van der Waals surface area contributed by atoms with Crippen LogP contribution in [0.5, 0.6) is 11.5 Å². The smallest absolute Gasteiger partial charge is 0.142 e. The minimum atomic E-state index is -0.806. The van der Waals surface area contributed by atoms with Gasteiger partial charge in [0, 0.05) is 10.6 Å². The Bertz CT molecular complexity index is 658. The molecule has 1 atom stereocenters. The summed E-state index contributed by atoms with van der Waals surface area (Å²) in [5.74, 6) is 1.20. The SMILES string of the molecule is COc1ccc(C(O)c2ccc(Cl)cc2C)c(OC)c1Br. The molecule has 0 saturated heterocycles. The van der Waals surface area contributed by atoms with Gasteiger partial charge in [0.1, 0.15) is 22.1 Å². The van der Waals surface area contributed by atoms with Gasteiger partial charge in [0.15, 0.2) is 0 Å². The number of halogens is 2. The first-order valence-electron chi connectivity index (χ1n) is 6.34. The summed E-state index contributed by atoms with van der Waals surface area (Å²) in [6, 6.07) is 8.99. The molecule has 0 amide bonds. The lowest BCUT2D eigenvalue weighted by molar-refractivity contribution is 0.213. The van der Waals surface area contributed by atoms with Crippen molar-refractivity contribution in [3.63, 3.8) is 0 Å². The maximum atomic E-state index is 10.7. The lowest BCUT2D eigenvalue weighted by Gasteiger charge is -2.19. The second-order valence-electron chi connectivity index (χ2n) is 4.61. The molecule has 1 unspecified atom stereocenters. The summed E-state index contributed by atoms with van der Waals surface area (Å²) < 4.78 is 11.3. The number of hydrogen-bond acceptors (Lipinski definition) is 3. The fraction of sp³-hybridized carbons (Fsp3) is 0.250. The average molecular weight is 372 g/mol. The van der Waals surface area contributed by atoms with Crippen molar-refractivity contribution in [1.82, 2.24) is 0 Å². The van der Waals surface area contributed by atoms with E-state index >= 15 is 0 Å². The van der Waals surface area contributed by atoms with Crippen LogP contribution in [0, 0.1) is 6.92 Å². The van der Waals surface area contributed by atoms with Crippen LogP contribution in [0.4, 0.5) is 0 Å². The van der Waals surface area contributed by atoms with E-state index in [-0.39, 0.29) is 0 Å². The van der Waals surface area contributed by atoms with Gasteiger partial charge in [0.25, 0.3) is 0 Å². The first-order chi connectivity index (χ1) is 9.99. The van der Waals surface area contributed by atoms with Gasteiger partial charge >= 0.3 is 0 Å². The van der Waals surface area contributed by atoms with Gasteiger partial charge in [-0.3, -0.25) is 0 Å². The highest BCUT2D eigenvalue weighted by Crippen LogP contribution is 2.41. The number of hydrogen-bond donors (Lipinski definition) is 1. The van der Waals surface area contributed by atoms with Crippen molar-refractivity contribution in [2.45, 2.75) is 13.0 Å². The summed E-state index contributed by atoms with van der Waals surface area (Å²) >= 11 is 9.40. The summed E-state index contributed by atoms with van der Waals surface area (Å²) in [4.78, 5) is 0. The number of aryl methyl sites for hydroxylation is 1. The molecule has 112 valence electrons. The predicted octanol–water partition coefficient (Wildman–Crippen LogP) is 4.51. The molecule has 0 radical (unpaired) electrons. The summed E-state index contributed by atoms with van der Waals surface area (Å²) in [6.45, 7) is 1.91. The van der Waals surface area contributed by atoms with Crippen LogP contribution in [-0.2, 0) is 0 Å². The van der Waals surface area contributed by atoms with Crippen molar-refractivity contribution in [2.75, 3.05) is 14.2 Å². The van der Waals surface area contributed by atoms with Gasteiger partial charge in [-0.05, 0) is 58.2 Å². The molecule has 3 nitrogen and oxygen atoms in total. The summed E-state index contributed by atoms with van der Waals surface area (Å²) in [5, 5.41) is 11.3. The minimum absolute atomic E-state index is 0.552. The molecular weight excluding hydrogens is 356 g/mol. The fourth-order valence-corrected chi connectivity index (χ4v) is 3.16. The number of rotatable bonds is 4. The molecule has 0 bridgehead atoms. The van der Waals surface area contributed by atoms with Gasteiger partial charge in [0.05, 0.1) is 14.2 Å². The molecule has 0 saturated carbocycles. The van der Waals surface area contributed by atoms with Crippen LogP contribution in [-0.4, -0.2) is 19.3 Å². The minimum Gasteiger partial charge on any atom is -0.495 e. The van der Waals surface area contributed by atoms with Crippen LogP contribution in [0.25, 0.3) is 0 Å². The Morgan fingerprint density at radius 2 is 1.76 bits per heavy atom. The molecule has 0 spiro atoms. The van der Waals surface area contributed by atoms with Crippen LogP contribution in [0.1, 0.15) is 22.8 Å². The van der Waals surface area contributed by atoms with Crippen LogP contribution >= 0.6 is 27.5 Å². The van der Waals surface area contributed by atoms with E-state index in [0.717, 1.165) is 11.1 Å². The Hall–Kier alpha value is -1.23. The molecule has 2 aromatic rings. The van der Waals surface area contributed by atoms with Gasteiger partial charge in [-0.25, -0.2) is 0 Å². The van der Waals surface area contributed by atoms with Crippen molar-refractivity contribution in [3.05, 3.63) is 56.5 Å². The maximum Gasteiger partial charge on any atom is 0.142 e. The van der Waals surface area contributed by atoms with Crippen LogP contribution in [0.3, 0.4) is 0 Å². The first-order valence-corrected chi connectivity index (χ1v) is 7.51. The number of aliphatic hydroxyl groups excluding tert-OH is 1. The molecule has 0 heterocycles. The van der Waals surface area contributed by atoms with E-state index in [2.05, 4.69) is 15.9 Å². The molecule has 0 aliphatic carbocycles. The molecule has 1 N–H and O–H groups in total. The van der Waals surface area contributed by atoms with Crippen molar-refractivity contribution in [3.8, 4) is 11.5 Å². The Morgan fingerprint density at radius 3 is 2.33 bits per heavy atom. The topological polar surface area (TPSA) is 38.7 Å². The Balaban J connectivity index is 2.52. The second kappa shape index (κ2) is 6.69. The van der Waals surface area contributed by atoms with Gasteiger partial charge < -0.3 is 14.6 Å². The highest BCUT2D eigenvalue weighted by atomic mass is 79.9. The lowest BCUT2D eigenvalue weighted by atomic mass is 9.97. The fourth-order valence-electron chi connectivity index (χ4n) is 2.25. The van der Waals surface area contributed by atoms with E-state index in [9.17, 15) is 5.11 Å². The summed E-state index contributed by atoms with van der Waals surface area (Å²) in [6.07, 6.45) is -0.806. The molecule has 2 rings (SSSR count). The van der Waals surface area contributed by atoms with Gasteiger partial charge in [-0.2, -0.15) is 0 Å². The van der Waals surface area contributed by atoms with Crippen molar-refractivity contribution < 1.29 is 14.6 Å².